The number of benzene rings is 2. The molecule has 0 aliphatic rings. The monoisotopic (exact) mass is 315 g/mol. The molecule has 3 aromatic rings. The van der Waals surface area contributed by atoms with E-state index in [1.807, 2.05) is 19.1 Å². The molecule has 0 unspecified atom stereocenters. The third-order valence-corrected chi connectivity index (χ3v) is 3.41. The van der Waals surface area contributed by atoms with Crippen LogP contribution in [0, 0.1) is 18.6 Å². The number of carboxylic acid groups (broad SMARTS) is 1. The zero-order chi connectivity index (χ0) is 16.6. The number of carbonyl (C=O) groups is 1. The molecule has 0 radical (unpaired) electrons. The van der Waals surface area contributed by atoms with Crippen molar-refractivity contribution in [2.75, 3.05) is 0 Å². The normalized spacial score (nSPS) is 10.7. The van der Waals surface area contributed by atoms with E-state index >= 15 is 0 Å². The van der Waals surface area contributed by atoms with Crippen molar-refractivity contribution in [2.24, 2.45) is 0 Å². The van der Waals surface area contributed by atoms with Gasteiger partial charge in [-0.3, -0.25) is 0 Å². The third-order valence-electron chi connectivity index (χ3n) is 3.41. The predicted molar refractivity (Wildman–Crippen MR) is 78.4 cm³/mol. The largest absolute Gasteiger partial charge is 0.476 e. The van der Waals surface area contributed by atoms with Crippen LogP contribution in [-0.2, 0) is 0 Å². The van der Waals surface area contributed by atoms with Gasteiger partial charge in [-0.25, -0.2) is 18.3 Å². The molecule has 1 heterocycles. The lowest BCUT2D eigenvalue weighted by molar-refractivity contribution is 0.0691. The minimum Gasteiger partial charge on any atom is -0.476 e. The van der Waals surface area contributed by atoms with E-state index < -0.39 is 17.6 Å². The molecule has 0 saturated carbocycles. The number of nitrogens with zero attached hydrogens (tertiary/aromatic N) is 3. The van der Waals surface area contributed by atoms with Crippen LogP contribution in [0.2, 0.25) is 0 Å². The van der Waals surface area contributed by atoms with Crippen molar-refractivity contribution in [1.82, 2.24) is 15.0 Å². The molecule has 0 atom stereocenters. The lowest BCUT2D eigenvalue weighted by Crippen LogP contribution is -2.05. The van der Waals surface area contributed by atoms with Crippen LogP contribution in [0.1, 0.15) is 16.1 Å². The van der Waals surface area contributed by atoms with Gasteiger partial charge in [-0.2, -0.15) is 0 Å². The van der Waals surface area contributed by atoms with Crippen molar-refractivity contribution in [1.29, 1.82) is 0 Å². The molecule has 23 heavy (non-hydrogen) atoms. The molecule has 0 aliphatic heterocycles. The highest BCUT2D eigenvalue weighted by Gasteiger charge is 2.23. The lowest BCUT2D eigenvalue weighted by atomic mass is 10.1. The molecule has 0 fully saturated rings. The van der Waals surface area contributed by atoms with Crippen LogP contribution in [0.3, 0.4) is 0 Å². The number of carboxylic acids is 1. The fourth-order valence-electron chi connectivity index (χ4n) is 2.30. The van der Waals surface area contributed by atoms with E-state index in [9.17, 15) is 18.7 Å². The van der Waals surface area contributed by atoms with Crippen molar-refractivity contribution in [3.63, 3.8) is 0 Å². The Balaban J connectivity index is 2.29. The third kappa shape index (κ3) is 2.57. The Labute approximate surface area is 129 Å². The van der Waals surface area contributed by atoms with Crippen molar-refractivity contribution < 1.29 is 18.7 Å². The van der Waals surface area contributed by atoms with Crippen LogP contribution in [0.25, 0.3) is 16.9 Å². The smallest absolute Gasteiger partial charge is 0.358 e. The van der Waals surface area contributed by atoms with Crippen molar-refractivity contribution in [2.45, 2.75) is 6.92 Å². The highest BCUT2D eigenvalue weighted by atomic mass is 19.2. The van der Waals surface area contributed by atoms with Gasteiger partial charge < -0.3 is 5.11 Å². The van der Waals surface area contributed by atoms with Gasteiger partial charge in [-0.1, -0.05) is 23.4 Å². The van der Waals surface area contributed by atoms with Gasteiger partial charge in [0.1, 0.15) is 5.69 Å². The van der Waals surface area contributed by atoms with Gasteiger partial charge in [-0.15, -0.1) is 5.10 Å². The standard InChI is InChI=1S/C16H11F2N3O2/c1-9-4-2-3-5-13(9)21-15(14(16(22)23)19-20-21)10-6-7-11(17)12(18)8-10/h2-8H,1H3,(H,22,23). The molecule has 0 aliphatic carbocycles. The summed E-state index contributed by atoms with van der Waals surface area (Å²) >= 11 is 0. The highest BCUT2D eigenvalue weighted by Crippen LogP contribution is 2.27. The fraction of sp³-hybridized carbons (Fsp3) is 0.0625. The van der Waals surface area contributed by atoms with Crippen LogP contribution in [0.4, 0.5) is 8.78 Å². The van der Waals surface area contributed by atoms with E-state index in [4.69, 9.17) is 0 Å². The SMILES string of the molecule is Cc1ccccc1-n1nnc(C(=O)O)c1-c1ccc(F)c(F)c1. The number of halogens is 2. The number of aromatic nitrogens is 3. The second-order valence-electron chi connectivity index (χ2n) is 4.92. The number of rotatable bonds is 3. The molecule has 1 N–H and O–H groups in total. The van der Waals surface area contributed by atoms with E-state index in [0.717, 1.165) is 17.7 Å². The Morgan fingerprint density at radius 3 is 2.52 bits per heavy atom. The maximum atomic E-state index is 13.5. The molecule has 0 amide bonds. The van der Waals surface area contributed by atoms with E-state index in [2.05, 4.69) is 10.3 Å². The van der Waals surface area contributed by atoms with E-state index in [1.54, 1.807) is 12.1 Å². The van der Waals surface area contributed by atoms with E-state index in [-0.39, 0.29) is 17.0 Å². The van der Waals surface area contributed by atoms with E-state index in [1.165, 1.54) is 10.7 Å². The summed E-state index contributed by atoms with van der Waals surface area (Å²) in [7, 11) is 0. The van der Waals surface area contributed by atoms with Crippen LogP contribution < -0.4 is 0 Å². The first-order valence-corrected chi connectivity index (χ1v) is 6.69. The molecule has 0 spiro atoms. The van der Waals surface area contributed by atoms with Gasteiger partial charge in [0, 0.05) is 5.56 Å². The molecule has 5 nitrogen and oxygen atoms in total. The number of aromatic carboxylic acids is 1. The Morgan fingerprint density at radius 2 is 1.87 bits per heavy atom. The van der Waals surface area contributed by atoms with Crippen molar-refractivity contribution >= 4 is 5.97 Å². The van der Waals surface area contributed by atoms with Crippen LogP contribution in [0.5, 0.6) is 0 Å². The quantitative estimate of drug-likeness (QED) is 0.806. The number of hydrogen-bond donors (Lipinski definition) is 1. The Hall–Kier alpha value is -3.09. The summed E-state index contributed by atoms with van der Waals surface area (Å²) < 4.78 is 28.0. The molecule has 0 saturated heterocycles. The highest BCUT2D eigenvalue weighted by molar-refractivity contribution is 5.93. The average molecular weight is 315 g/mol. The first kappa shape index (κ1) is 14.8. The molecule has 3 rings (SSSR count). The molecular formula is C16H11F2N3O2. The van der Waals surface area contributed by atoms with Crippen LogP contribution in [0.15, 0.2) is 42.5 Å². The molecule has 0 bridgehead atoms. The first-order valence-electron chi connectivity index (χ1n) is 6.69. The van der Waals surface area contributed by atoms with Crippen molar-refractivity contribution in [3.05, 3.63) is 65.4 Å². The minimum atomic E-state index is -1.30. The topological polar surface area (TPSA) is 68.0 Å². The van der Waals surface area contributed by atoms with Gasteiger partial charge >= 0.3 is 5.97 Å². The average Bonchev–Trinajstić information content (AvgIpc) is 2.95. The summed E-state index contributed by atoms with van der Waals surface area (Å²) in [5, 5.41) is 16.8. The zero-order valence-electron chi connectivity index (χ0n) is 12.0. The summed E-state index contributed by atoms with van der Waals surface area (Å²) in [5.41, 5.74) is 1.37. The van der Waals surface area contributed by atoms with Crippen molar-refractivity contribution in [3.8, 4) is 16.9 Å². The van der Waals surface area contributed by atoms with Crippen LogP contribution in [-0.4, -0.2) is 26.1 Å². The molecule has 1 aromatic heterocycles. The van der Waals surface area contributed by atoms with Gasteiger partial charge in [0.05, 0.1) is 5.69 Å². The van der Waals surface area contributed by atoms with Gasteiger partial charge in [0.15, 0.2) is 17.3 Å². The molecule has 7 heteroatoms. The maximum absolute atomic E-state index is 13.5. The molecule has 116 valence electrons. The van der Waals surface area contributed by atoms with Gasteiger partial charge in [-0.05, 0) is 36.8 Å². The van der Waals surface area contributed by atoms with Crippen LogP contribution >= 0.6 is 0 Å². The van der Waals surface area contributed by atoms with Gasteiger partial charge in [0.25, 0.3) is 0 Å². The lowest BCUT2D eigenvalue weighted by Gasteiger charge is -2.10. The summed E-state index contributed by atoms with van der Waals surface area (Å²) in [5.74, 6) is -3.39. The maximum Gasteiger partial charge on any atom is 0.358 e. The summed E-state index contributed by atoms with van der Waals surface area (Å²) in [6, 6.07) is 10.3. The second kappa shape index (κ2) is 5.60. The van der Waals surface area contributed by atoms with E-state index in [0.29, 0.717) is 5.69 Å². The minimum absolute atomic E-state index is 0.0886. The number of hydrogen-bond acceptors (Lipinski definition) is 3. The molecular weight excluding hydrogens is 304 g/mol. The fourth-order valence-corrected chi connectivity index (χ4v) is 2.30. The zero-order valence-corrected chi connectivity index (χ0v) is 12.0. The summed E-state index contributed by atoms with van der Waals surface area (Å²) in [4.78, 5) is 11.4. The molecule has 2 aromatic carbocycles. The summed E-state index contributed by atoms with van der Waals surface area (Å²) in [6.45, 7) is 1.83. The predicted octanol–water partition coefficient (Wildman–Crippen LogP) is 3.22. The Kier molecular flexibility index (Phi) is 3.61. The number of para-hydroxylation sites is 1. The Morgan fingerprint density at radius 1 is 1.13 bits per heavy atom. The Bertz CT molecular complexity index is 906. The van der Waals surface area contributed by atoms with Gasteiger partial charge in [0.2, 0.25) is 0 Å². The summed E-state index contributed by atoms with van der Waals surface area (Å²) in [6.07, 6.45) is 0. The first-order chi connectivity index (χ1) is 11.0. The second-order valence-corrected chi connectivity index (χ2v) is 4.92. The number of aryl methyl sites for hydroxylation is 1.